The zero-order valence-electron chi connectivity index (χ0n) is 16.9. The van der Waals surface area contributed by atoms with Crippen molar-refractivity contribution in [3.63, 3.8) is 0 Å². The van der Waals surface area contributed by atoms with E-state index in [4.69, 9.17) is 4.74 Å². The summed E-state index contributed by atoms with van der Waals surface area (Å²) >= 11 is 0. The number of anilines is 3. The van der Waals surface area contributed by atoms with Gasteiger partial charge >= 0.3 is 0 Å². The van der Waals surface area contributed by atoms with E-state index in [0.717, 1.165) is 74.5 Å². The van der Waals surface area contributed by atoms with Crippen LogP contribution in [0.4, 0.5) is 17.2 Å². The molecule has 1 amide bonds. The number of hydrogen-bond acceptors (Lipinski definition) is 4. The van der Waals surface area contributed by atoms with Gasteiger partial charge in [0.25, 0.3) is 0 Å². The van der Waals surface area contributed by atoms with Crippen LogP contribution in [0.1, 0.15) is 62.0 Å². The monoisotopic (exact) mass is 391 g/mol. The molecule has 5 nitrogen and oxygen atoms in total. The number of nitrogens with one attached hydrogen (secondary N) is 1. The third-order valence-corrected chi connectivity index (χ3v) is 6.70. The Morgan fingerprint density at radius 2 is 1.90 bits per heavy atom. The van der Waals surface area contributed by atoms with E-state index in [9.17, 15) is 4.79 Å². The molecule has 1 aliphatic carbocycles. The predicted octanol–water partition coefficient (Wildman–Crippen LogP) is 5.15. The van der Waals surface area contributed by atoms with Crippen LogP contribution in [0.15, 0.2) is 36.5 Å². The number of benzene rings is 1. The third-order valence-electron chi connectivity index (χ3n) is 6.70. The molecule has 1 N–H and O–H groups in total. The molecule has 1 aromatic carbocycles. The van der Waals surface area contributed by atoms with E-state index in [2.05, 4.69) is 34.6 Å². The SMILES string of the molecule is O=C(C1CCCCC1)N1Cc2cccnc2Nc2ccc(C3CCOCC3)cc21. The van der Waals surface area contributed by atoms with Crippen LogP contribution >= 0.6 is 0 Å². The molecule has 2 aliphatic heterocycles. The zero-order chi connectivity index (χ0) is 19.6. The first kappa shape index (κ1) is 18.6. The minimum Gasteiger partial charge on any atom is -0.381 e. The summed E-state index contributed by atoms with van der Waals surface area (Å²) in [6.07, 6.45) is 9.50. The van der Waals surface area contributed by atoms with Gasteiger partial charge in [0.2, 0.25) is 5.91 Å². The standard InChI is InChI=1S/C24H29N3O2/c28-24(18-5-2-1-3-6-18)27-16-20-7-4-12-25-23(20)26-21-9-8-19(15-22(21)27)17-10-13-29-14-11-17/h4,7-9,12,15,17-18H,1-3,5-6,10-11,13-14,16H2,(H,25,26). The lowest BCUT2D eigenvalue weighted by Crippen LogP contribution is -2.36. The maximum absolute atomic E-state index is 13.6. The number of fused-ring (bicyclic) bond motifs is 2. The Hall–Kier alpha value is -2.40. The smallest absolute Gasteiger partial charge is 0.230 e. The lowest BCUT2D eigenvalue weighted by Gasteiger charge is -2.30. The maximum atomic E-state index is 13.6. The molecule has 5 heteroatoms. The number of rotatable bonds is 2. The first-order valence-corrected chi connectivity index (χ1v) is 11.0. The van der Waals surface area contributed by atoms with E-state index >= 15 is 0 Å². The van der Waals surface area contributed by atoms with Crippen molar-refractivity contribution in [3.05, 3.63) is 47.7 Å². The van der Waals surface area contributed by atoms with Crippen LogP contribution in [0.2, 0.25) is 0 Å². The van der Waals surface area contributed by atoms with Gasteiger partial charge in [-0.2, -0.15) is 0 Å². The minimum absolute atomic E-state index is 0.140. The number of hydrogen-bond donors (Lipinski definition) is 1. The van der Waals surface area contributed by atoms with Crippen molar-refractivity contribution < 1.29 is 9.53 Å². The summed E-state index contributed by atoms with van der Waals surface area (Å²) in [5, 5.41) is 3.49. The Morgan fingerprint density at radius 3 is 2.72 bits per heavy atom. The highest BCUT2D eigenvalue weighted by Crippen LogP contribution is 2.40. The first-order valence-electron chi connectivity index (χ1n) is 11.0. The molecular weight excluding hydrogens is 362 g/mol. The Labute approximate surface area is 172 Å². The fourth-order valence-corrected chi connectivity index (χ4v) is 4.99. The van der Waals surface area contributed by atoms with Gasteiger partial charge < -0.3 is 15.0 Å². The Kier molecular flexibility index (Phi) is 5.23. The van der Waals surface area contributed by atoms with Crippen LogP contribution < -0.4 is 10.2 Å². The second-order valence-electron chi connectivity index (χ2n) is 8.56. The van der Waals surface area contributed by atoms with Crippen molar-refractivity contribution >= 4 is 23.1 Å². The van der Waals surface area contributed by atoms with Crippen molar-refractivity contribution in [1.29, 1.82) is 0 Å². The van der Waals surface area contributed by atoms with E-state index in [1.54, 1.807) is 6.20 Å². The summed E-state index contributed by atoms with van der Waals surface area (Å²) in [5.41, 5.74) is 4.36. The minimum atomic E-state index is 0.140. The molecule has 5 rings (SSSR count). The second kappa shape index (κ2) is 8.15. The van der Waals surface area contributed by atoms with Gasteiger partial charge in [-0.3, -0.25) is 4.79 Å². The molecule has 0 unspecified atom stereocenters. The van der Waals surface area contributed by atoms with Crippen molar-refractivity contribution in [1.82, 2.24) is 4.98 Å². The number of aromatic nitrogens is 1. The molecule has 29 heavy (non-hydrogen) atoms. The van der Waals surface area contributed by atoms with Crippen molar-refractivity contribution in [2.24, 2.45) is 5.92 Å². The normalized spacial score (nSPS) is 20.3. The van der Waals surface area contributed by atoms with Gasteiger partial charge in [-0.25, -0.2) is 4.98 Å². The number of amides is 1. The van der Waals surface area contributed by atoms with E-state index < -0.39 is 0 Å². The molecule has 1 aromatic heterocycles. The Balaban J connectivity index is 1.54. The molecular formula is C24H29N3O2. The molecule has 2 aromatic rings. The molecule has 0 atom stereocenters. The average molecular weight is 392 g/mol. The highest BCUT2D eigenvalue weighted by Gasteiger charge is 2.31. The van der Waals surface area contributed by atoms with Crippen molar-refractivity contribution in [3.8, 4) is 0 Å². The average Bonchev–Trinajstić information content (AvgIpc) is 2.96. The highest BCUT2D eigenvalue weighted by molar-refractivity contribution is 5.99. The molecule has 1 saturated carbocycles. The number of nitrogens with zero attached hydrogens (tertiary/aromatic N) is 2. The van der Waals surface area contributed by atoms with E-state index in [1.807, 2.05) is 11.0 Å². The van der Waals surface area contributed by atoms with E-state index in [-0.39, 0.29) is 11.8 Å². The number of carbonyl (C=O) groups excluding carboxylic acids is 1. The topological polar surface area (TPSA) is 54.5 Å². The molecule has 152 valence electrons. The lowest BCUT2D eigenvalue weighted by molar-refractivity contribution is -0.123. The summed E-state index contributed by atoms with van der Waals surface area (Å²) < 4.78 is 5.55. The van der Waals surface area contributed by atoms with Gasteiger partial charge in [0.15, 0.2) is 0 Å². The molecule has 0 bridgehead atoms. The molecule has 0 spiro atoms. The third kappa shape index (κ3) is 3.76. The summed E-state index contributed by atoms with van der Waals surface area (Å²) in [6.45, 7) is 2.22. The van der Waals surface area contributed by atoms with Crippen LogP contribution in [-0.2, 0) is 16.1 Å². The van der Waals surface area contributed by atoms with Crippen LogP contribution in [-0.4, -0.2) is 24.1 Å². The predicted molar refractivity (Wildman–Crippen MR) is 115 cm³/mol. The van der Waals surface area contributed by atoms with Crippen molar-refractivity contribution in [2.45, 2.75) is 57.4 Å². The van der Waals surface area contributed by atoms with Crippen LogP contribution in [0.25, 0.3) is 0 Å². The molecule has 3 aliphatic rings. The van der Waals surface area contributed by atoms with Crippen LogP contribution in [0.3, 0.4) is 0 Å². The number of carbonyl (C=O) groups is 1. The Morgan fingerprint density at radius 1 is 1.07 bits per heavy atom. The largest absolute Gasteiger partial charge is 0.381 e. The van der Waals surface area contributed by atoms with Gasteiger partial charge in [-0.05, 0) is 55.4 Å². The quantitative estimate of drug-likeness (QED) is 0.770. The summed E-state index contributed by atoms with van der Waals surface area (Å²) in [7, 11) is 0. The van der Waals surface area contributed by atoms with Gasteiger partial charge in [0, 0.05) is 30.9 Å². The zero-order valence-corrected chi connectivity index (χ0v) is 16.9. The second-order valence-corrected chi connectivity index (χ2v) is 8.56. The van der Waals surface area contributed by atoms with Crippen LogP contribution in [0.5, 0.6) is 0 Å². The number of pyridine rings is 1. The van der Waals surface area contributed by atoms with Gasteiger partial charge in [0.05, 0.1) is 17.9 Å². The fraction of sp³-hybridized carbons (Fsp3) is 0.500. The molecule has 3 heterocycles. The molecule has 2 fully saturated rings. The first-order chi connectivity index (χ1) is 14.3. The Bertz CT molecular complexity index is 885. The highest BCUT2D eigenvalue weighted by atomic mass is 16.5. The number of ether oxygens (including phenoxy) is 1. The molecule has 1 saturated heterocycles. The summed E-state index contributed by atoms with van der Waals surface area (Å²) in [4.78, 5) is 20.2. The van der Waals surface area contributed by atoms with Crippen LogP contribution in [0, 0.1) is 5.92 Å². The van der Waals surface area contributed by atoms with Gasteiger partial charge in [-0.15, -0.1) is 0 Å². The maximum Gasteiger partial charge on any atom is 0.230 e. The van der Waals surface area contributed by atoms with Gasteiger partial charge in [-0.1, -0.05) is 31.4 Å². The van der Waals surface area contributed by atoms with Crippen molar-refractivity contribution in [2.75, 3.05) is 23.4 Å². The fourth-order valence-electron chi connectivity index (χ4n) is 4.99. The van der Waals surface area contributed by atoms with E-state index in [0.29, 0.717) is 12.5 Å². The van der Waals surface area contributed by atoms with Gasteiger partial charge in [0.1, 0.15) is 5.82 Å². The lowest BCUT2D eigenvalue weighted by atomic mass is 9.87. The van der Waals surface area contributed by atoms with E-state index in [1.165, 1.54) is 12.0 Å². The summed E-state index contributed by atoms with van der Waals surface area (Å²) in [6, 6.07) is 10.6. The summed E-state index contributed by atoms with van der Waals surface area (Å²) in [5.74, 6) is 1.77. The molecule has 0 radical (unpaired) electrons.